The van der Waals surface area contributed by atoms with Gasteiger partial charge in [0, 0.05) is 17.1 Å². The van der Waals surface area contributed by atoms with Crippen LogP contribution in [0.5, 0.6) is 5.75 Å². The first-order valence-electron chi connectivity index (χ1n) is 6.80. The van der Waals surface area contributed by atoms with Crippen LogP contribution in [0.3, 0.4) is 0 Å². The predicted molar refractivity (Wildman–Crippen MR) is 84.5 cm³/mol. The first-order valence-corrected chi connectivity index (χ1v) is 7.68. The van der Waals surface area contributed by atoms with Crippen molar-refractivity contribution in [3.05, 3.63) is 40.5 Å². The zero-order chi connectivity index (χ0) is 15.0. The summed E-state index contributed by atoms with van der Waals surface area (Å²) in [5.74, 6) is 0.912. The van der Waals surface area contributed by atoms with Gasteiger partial charge in [0.05, 0.1) is 6.61 Å². The van der Waals surface area contributed by atoms with E-state index in [0.717, 1.165) is 39.4 Å². The summed E-state index contributed by atoms with van der Waals surface area (Å²) in [5, 5.41) is 1.92. The molecule has 0 saturated heterocycles. The van der Waals surface area contributed by atoms with Crippen LogP contribution in [0.15, 0.2) is 23.7 Å². The van der Waals surface area contributed by atoms with Gasteiger partial charge in [-0.3, -0.25) is 9.20 Å². The lowest BCUT2D eigenvalue weighted by Crippen LogP contribution is -1.98. The van der Waals surface area contributed by atoms with Crippen molar-refractivity contribution in [3.8, 4) is 17.0 Å². The minimum Gasteiger partial charge on any atom is -0.493 e. The Bertz CT molecular complexity index is 794. The smallest absolute Gasteiger partial charge is 0.194 e. The summed E-state index contributed by atoms with van der Waals surface area (Å²) >= 11 is 1.52. The molecule has 5 heteroatoms. The van der Waals surface area contributed by atoms with Crippen LogP contribution in [0.1, 0.15) is 28.5 Å². The molecule has 0 amide bonds. The van der Waals surface area contributed by atoms with E-state index >= 15 is 0 Å². The molecule has 0 bridgehead atoms. The standard InChI is InChI=1S/C16H16N2O2S/c1-4-20-15-10(2)7-12(8-11(15)3)14-13(9-19)18-5-6-21-16(18)17-14/h5-9H,4H2,1-3H3. The summed E-state index contributed by atoms with van der Waals surface area (Å²) in [6.45, 7) is 6.64. The van der Waals surface area contributed by atoms with E-state index in [9.17, 15) is 4.79 Å². The Morgan fingerprint density at radius 3 is 2.67 bits per heavy atom. The number of imidazole rings is 1. The summed E-state index contributed by atoms with van der Waals surface area (Å²) in [5.41, 5.74) is 4.38. The first kappa shape index (κ1) is 13.8. The molecule has 0 atom stereocenters. The van der Waals surface area contributed by atoms with Crippen molar-refractivity contribution in [2.75, 3.05) is 6.61 Å². The molecule has 1 aromatic carbocycles. The average molecular weight is 300 g/mol. The molecule has 0 aliphatic heterocycles. The number of aromatic nitrogens is 2. The zero-order valence-electron chi connectivity index (χ0n) is 12.2. The Morgan fingerprint density at radius 2 is 2.05 bits per heavy atom. The van der Waals surface area contributed by atoms with Crippen molar-refractivity contribution in [1.82, 2.24) is 9.38 Å². The van der Waals surface area contributed by atoms with Crippen molar-refractivity contribution in [1.29, 1.82) is 0 Å². The quantitative estimate of drug-likeness (QED) is 0.687. The fourth-order valence-electron chi connectivity index (χ4n) is 2.59. The second kappa shape index (κ2) is 5.33. The van der Waals surface area contributed by atoms with Crippen LogP contribution >= 0.6 is 11.3 Å². The molecule has 21 heavy (non-hydrogen) atoms. The molecule has 0 fully saturated rings. The van der Waals surface area contributed by atoms with Gasteiger partial charge in [-0.25, -0.2) is 4.98 Å². The largest absolute Gasteiger partial charge is 0.493 e. The SMILES string of the molecule is CCOc1c(C)cc(-c2nc3sccn3c2C=O)cc1C. The van der Waals surface area contributed by atoms with Crippen LogP contribution in [0, 0.1) is 13.8 Å². The summed E-state index contributed by atoms with van der Waals surface area (Å²) < 4.78 is 7.49. The number of aldehydes is 1. The van der Waals surface area contributed by atoms with Crippen molar-refractivity contribution in [2.24, 2.45) is 0 Å². The van der Waals surface area contributed by atoms with E-state index < -0.39 is 0 Å². The maximum atomic E-state index is 11.4. The fourth-order valence-corrected chi connectivity index (χ4v) is 3.31. The monoisotopic (exact) mass is 300 g/mol. The van der Waals surface area contributed by atoms with Gasteiger partial charge < -0.3 is 4.74 Å². The van der Waals surface area contributed by atoms with Gasteiger partial charge >= 0.3 is 0 Å². The van der Waals surface area contributed by atoms with Gasteiger partial charge in [-0.2, -0.15) is 0 Å². The summed E-state index contributed by atoms with van der Waals surface area (Å²) in [6, 6.07) is 4.05. The second-order valence-electron chi connectivity index (χ2n) is 4.89. The second-order valence-corrected chi connectivity index (χ2v) is 5.76. The van der Waals surface area contributed by atoms with Gasteiger partial charge in [-0.15, -0.1) is 11.3 Å². The van der Waals surface area contributed by atoms with Crippen molar-refractivity contribution >= 4 is 22.6 Å². The zero-order valence-corrected chi connectivity index (χ0v) is 13.0. The van der Waals surface area contributed by atoms with Gasteiger partial charge in [0.15, 0.2) is 11.2 Å². The highest BCUT2D eigenvalue weighted by atomic mass is 32.1. The number of aryl methyl sites for hydroxylation is 2. The highest BCUT2D eigenvalue weighted by Gasteiger charge is 2.16. The van der Waals surface area contributed by atoms with Crippen LogP contribution in [0.25, 0.3) is 16.2 Å². The van der Waals surface area contributed by atoms with Crippen LogP contribution in [0.2, 0.25) is 0 Å². The molecule has 2 heterocycles. The third-order valence-corrected chi connectivity index (χ3v) is 4.19. The number of hydrogen-bond acceptors (Lipinski definition) is 4. The van der Waals surface area contributed by atoms with E-state index in [-0.39, 0.29) is 0 Å². The molecule has 0 saturated carbocycles. The van der Waals surface area contributed by atoms with E-state index in [2.05, 4.69) is 4.98 Å². The van der Waals surface area contributed by atoms with Crippen LogP contribution in [-0.4, -0.2) is 22.3 Å². The van der Waals surface area contributed by atoms with Gasteiger partial charge in [-0.1, -0.05) is 0 Å². The molecular weight excluding hydrogens is 284 g/mol. The molecular formula is C16H16N2O2S. The predicted octanol–water partition coefficient (Wildman–Crippen LogP) is 3.89. The Kier molecular flexibility index (Phi) is 3.51. The Labute approximate surface area is 127 Å². The first-order chi connectivity index (χ1) is 10.2. The minimum atomic E-state index is 0.592. The number of benzene rings is 1. The molecule has 4 nitrogen and oxygen atoms in total. The van der Waals surface area contributed by atoms with Crippen LogP contribution in [-0.2, 0) is 0 Å². The number of fused-ring (bicyclic) bond motifs is 1. The normalized spacial score (nSPS) is 11.0. The number of rotatable bonds is 4. The molecule has 2 aromatic heterocycles. The lowest BCUT2D eigenvalue weighted by Gasteiger charge is -2.12. The van der Waals surface area contributed by atoms with Gasteiger partial charge in [0.25, 0.3) is 0 Å². The van der Waals surface area contributed by atoms with Crippen LogP contribution < -0.4 is 4.74 Å². The Morgan fingerprint density at radius 1 is 1.33 bits per heavy atom. The molecule has 0 radical (unpaired) electrons. The Hall–Kier alpha value is -2.14. The van der Waals surface area contributed by atoms with Gasteiger partial charge in [0.2, 0.25) is 0 Å². The highest BCUT2D eigenvalue weighted by Crippen LogP contribution is 2.32. The van der Waals surface area contributed by atoms with Crippen molar-refractivity contribution in [2.45, 2.75) is 20.8 Å². The topological polar surface area (TPSA) is 43.6 Å². The fraction of sp³-hybridized carbons (Fsp3) is 0.250. The van der Waals surface area contributed by atoms with E-state index in [1.807, 2.05) is 48.9 Å². The Balaban J connectivity index is 2.18. The molecule has 0 aliphatic carbocycles. The molecule has 0 N–H and O–H groups in total. The average Bonchev–Trinajstić information content (AvgIpc) is 3.02. The number of thiazole rings is 1. The third kappa shape index (κ3) is 2.23. The summed E-state index contributed by atoms with van der Waals surface area (Å²) in [7, 11) is 0. The maximum Gasteiger partial charge on any atom is 0.194 e. The number of hydrogen-bond donors (Lipinski definition) is 0. The molecule has 0 spiro atoms. The molecule has 3 aromatic rings. The van der Waals surface area contributed by atoms with Gasteiger partial charge in [0.1, 0.15) is 17.1 Å². The number of carbonyl (C=O) groups is 1. The van der Waals surface area contributed by atoms with E-state index in [1.54, 1.807) is 0 Å². The highest BCUT2D eigenvalue weighted by molar-refractivity contribution is 7.15. The molecule has 3 rings (SSSR count). The number of carbonyl (C=O) groups excluding carboxylic acids is 1. The number of ether oxygens (including phenoxy) is 1. The summed E-state index contributed by atoms with van der Waals surface area (Å²) in [4.78, 5) is 16.8. The third-order valence-electron chi connectivity index (χ3n) is 3.43. The minimum absolute atomic E-state index is 0.592. The molecule has 0 aliphatic rings. The van der Waals surface area contributed by atoms with E-state index in [0.29, 0.717) is 12.3 Å². The molecule has 108 valence electrons. The van der Waals surface area contributed by atoms with Crippen LogP contribution in [0.4, 0.5) is 0 Å². The maximum absolute atomic E-state index is 11.4. The summed E-state index contributed by atoms with van der Waals surface area (Å²) in [6.07, 6.45) is 2.73. The van der Waals surface area contributed by atoms with E-state index in [1.165, 1.54) is 11.3 Å². The van der Waals surface area contributed by atoms with Gasteiger partial charge in [-0.05, 0) is 44.0 Å². The lowest BCUT2D eigenvalue weighted by molar-refractivity contribution is 0.111. The number of nitrogens with zero attached hydrogens (tertiary/aromatic N) is 2. The van der Waals surface area contributed by atoms with Crippen molar-refractivity contribution in [3.63, 3.8) is 0 Å². The van der Waals surface area contributed by atoms with E-state index in [4.69, 9.17) is 4.74 Å². The molecule has 0 unspecified atom stereocenters. The van der Waals surface area contributed by atoms with Crippen molar-refractivity contribution < 1.29 is 9.53 Å². The lowest BCUT2D eigenvalue weighted by atomic mass is 10.0.